The Kier molecular flexibility index (Phi) is 18.5. The average molecular weight is 746 g/mol. The number of hydrogen-bond donors (Lipinski definition) is 10. The van der Waals surface area contributed by atoms with E-state index in [1.807, 2.05) is 0 Å². The molecule has 2 atom stereocenters. The zero-order valence-electron chi connectivity index (χ0n) is 28.2. The van der Waals surface area contributed by atoms with Gasteiger partial charge in [-0.25, -0.2) is 0 Å². The fourth-order valence-electron chi connectivity index (χ4n) is 4.92. The van der Waals surface area contributed by atoms with E-state index < -0.39 is 181 Å². The number of amides is 3. The standard InChI is InChI=1S/C31H45N4O17/c36-7-1-32(2-8-37)28(48)21-16-35-22(15-23(51-24(46)13-19(44)17-42)31(35)52-25(47)14-20(45)18-43)27(30(50)34(5-11-40)6-12-41)26(21)29(49)33(3-9-38)4-10-39/h16,19-20,36-45H,1-14,17-18H2. The highest BCUT2D eigenvalue weighted by molar-refractivity contribution is 6.17. The fourth-order valence-corrected chi connectivity index (χ4v) is 4.92. The molecule has 0 aliphatic carbocycles. The first-order valence-electron chi connectivity index (χ1n) is 16.0. The number of carbonyl (C=O) groups is 5. The number of hydrogen-bond acceptors (Lipinski definition) is 17. The number of rotatable bonds is 23. The second-order valence-corrected chi connectivity index (χ2v) is 11.0. The summed E-state index contributed by atoms with van der Waals surface area (Å²) < 4.78 is 11.4. The number of aliphatic hydroxyl groups is 10. The molecule has 291 valence electrons. The summed E-state index contributed by atoms with van der Waals surface area (Å²) in [6.07, 6.45) is -3.97. The summed E-state index contributed by atoms with van der Waals surface area (Å²) in [6.45, 7) is -8.06. The number of pyridine rings is 1. The Balaban J connectivity index is 3.24. The molecule has 2 rings (SSSR count). The molecule has 52 heavy (non-hydrogen) atoms. The molecule has 0 aliphatic heterocycles. The average Bonchev–Trinajstić information content (AvgIpc) is 3.44. The summed E-state index contributed by atoms with van der Waals surface area (Å²) in [6, 6.07) is 2.53. The highest BCUT2D eigenvalue weighted by Crippen LogP contribution is 2.37. The van der Waals surface area contributed by atoms with Gasteiger partial charge in [0, 0.05) is 45.5 Å². The number of carbonyl (C=O) groups excluding carboxylic acids is 5. The van der Waals surface area contributed by atoms with Gasteiger partial charge in [-0.15, -0.1) is 0 Å². The third kappa shape index (κ3) is 11.4. The van der Waals surface area contributed by atoms with Crippen molar-refractivity contribution < 1.29 is 84.5 Å². The zero-order chi connectivity index (χ0) is 39.0. The highest BCUT2D eigenvalue weighted by Gasteiger charge is 2.36. The van der Waals surface area contributed by atoms with Crippen molar-refractivity contribution in [2.45, 2.75) is 25.0 Å². The van der Waals surface area contributed by atoms with Crippen molar-refractivity contribution >= 4 is 35.2 Å². The van der Waals surface area contributed by atoms with Crippen molar-refractivity contribution in [1.82, 2.24) is 19.1 Å². The van der Waals surface area contributed by atoms with Gasteiger partial charge in [0.2, 0.25) is 5.75 Å². The van der Waals surface area contributed by atoms with Crippen molar-refractivity contribution in [3.8, 4) is 11.6 Å². The van der Waals surface area contributed by atoms with E-state index >= 15 is 0 Å². The molecule has 0 bridgehead atoms. The van der Waals surface area contributed by atoms with Gasteiger partial charge in [0.25, 0.3) is 23.6 Å². The van der Waals surface area contributed by atoms with Crippen LogP contribution in [0.25, 0.3) is 5.52 Å². The molecule has 21 nitrogen and oxygen atoms in total. The molecule has 0 aromatic carbocycles. The van der Waals surface area contributed by atoms with Gasteiger partial charge in [0.15, 0.2) is 0 Å². The number of aliphatic hydroxyl groups excluding tert-OH is 10. The zero-order valence-corrected chi connectivity index (χ0v) is 28.2. The molecule has 21 heteroatoms. The minimum absolute atomic E-state index is 0.402. The summed E-state index contributed by atoms with van der Waals surface area (Å²) in [5.74, 6) is -7.35. The van der Waals surface area contributed by atoms with Crippen LogP contribution in [0.5, 0.6) is 11.6 Å². The van der Waals surface area contributed by atoms with E-state index in [1.54, 1.807) is 0 Å². The molecule has 10 N–H and O–H groups in total. The summed E-state index contributed by atoms with van der Waals surface area (Å²) in [7, 11) is 0. The Morgan fingerprint density at radius 1 is 0.596 bits per heavy atom. The van der Waals surface area contributed by atoms with Crippen LogP contribution in [0.15, 0.2) is 6.20 Å². The quantitative estimate of drug-likeness (QED) is 0.0474. The minimum atomic E-state index is -1.62. The third-order valence-electron chi connectivity index (χ3n) is 7.29. The molecule has 0 saturated carbocycles. The van der Waals surface area contributed by atoms with Crippen LogP contribution in [0.2, 0.25) is 0 Å². The van der Waals surface area contributed by atoms with E-state index in [4.69, 9.17) is 9.47 Å². The number of esters is 2. The van der Waals surface area contributed by atoms with Crippen LogP contribution in [0, 0.1) is 6.07 Å². The number of nitrogens with zero attached hydrogens (tertiary/aromatic N) is 4. The monoisotopic (exact) mass is 745 g/mol. The van der Waals surface area contributed by atoms with E-state index in [2.05, 4.69) is 6.07 Å². The van der Waals surface area contributed by atoms with Crippen molar-refractivity contribution in [1.29, 1.82) is 0 Å². The molecule has 2 heterocycles. The fraction of sp³-hybridized carbons (Fsp3) is 0.581. The first-order valence-corrected chi connectivity index (χ1v) is 16.0. The maximum Gasteiger partial charge on any atom is 0.315 e. The number of aromatic nitrogens is 1. The summed E-state index contributed by atoms with van der Waals surface area (Å²) in [5, 5.41) is 96.3. The van der Waals surface area contributed by atoms with E-state index in [-0.39, 0.29) is 0 Å². The summed E-state index contributed by atoms with van der Waals surface area (Å²) >= 11 is 0. The van der Waals surface area contributed by atoms with Crippen LogP contribution >= 0.6 is 0 Å². The van der Waals surface area contributed by atoms with Gasteiger partial charge in [0.05, 0.1) is 106 Å². The Morgan fingerprint density at radius 3 is 1.38 bits per heavy atom. The Hall–Kier alpha value is -4.29. The van der Waals surface area contributed by atoms with E-state index in [0.717, 1.165) is 25.3 Å². The van der Waals surface area contributed by atoms with Gasteiger partial charge < -0.3 is 75.2 Å². The molecule has 0 fully saturated rings. The molecule has 0 spiro atoms. The third-order valence-corrected chi connectivity index (χ3v) is 7.29. The molecule has 2 aromatic heterocycles. The van der Waals surface area contributed by atoms with Crippen molar-refractivity contribution in [2.75, 3.05) is 92.1 Å². The highest BCUT2D eigenvalue weighted by atomic mass is 16.6. The first kappa shape index (κ1) is 43.9. The van der Waals surface area contributed by atoms with Gasteiger partial charge in [-0.1, -0.05) is 0 Å². The Bertz CT molecular complexity index is 1500. The lowest BCUT2D eigenvalue weighted by atomic mass is 9.98. The normalized spacial score (nSPS) is 12.3. The molecular weight excluding hydrogens is 700 g/mol. The second kappa shape index (κ2) is 21.9. The van der Waals surface area contributed by atoms with Gasteiger partial charge in [0.1, 0.15) is 0 Å². The lowest BCUT2D eigenvalue weighted by molar-refractivity contribution is -0.140. The van der Waals surface area contributed by atoms with Crippen LogP contribution in [0.3, 0.4) is 0 Å². The van der Waals surface area contributed by atoms with Crippen LogP contribution in [0.4, 0.5) is 0 Å². The molecule has 0 aliphatic rings. The van der Waals surface area contributed by atoms with Crippen LogP contribution in [-0.4, -0.2) is 204 Å². The predicted molar refractivity (Wildman–Crippen MR) is 173 cm³/mol. The molecule has 2 aromatic rings. The van der Waals surface area contributed by atoms with Crippen LogP contribution in [-0.2, 0) is 9.59 Å². The Morgan fingerprint density at radius 2 is 0.981 bits per heavy atom. The SMILES string of the molecule is O=C(CC(O)CO)Oc1[c]c2c(C(=O)N(CCO)CCO)c(C(=O)N(CCO)CCO)c(C(=O)N(CCO)CCO)cn2c1OC(=O)CC(O)CO. The second-order valence-electron chi connectivity index (χ2n) is 11.0. The molecular formula is C31H45N4O17. The van der Waals surface area contributed by atoms with Crippen LogP contribution in [0.1, 0.15) is 43.9 Å². The van der Waals surface area contributed by atoms with E-state index in [0.29, 0.717) is 0 Å². The predicted octanol–water partition coefficient (Wildman–Crippen LogP) is -5.68. The lowest BCUT2D eigenvalue weighted by Crippen LogP contribution is -2.42. The largest absolute Gasteiger partial charge is 0.420 e. The number of fused-ring (bicyclic) bond motifs is 1. The molecule has 2 unspecified atom stereocenters. The molecule has 3 amide bonds. The van der Waals surface area contributed by atoms with Crippen molar-refractivity contribution in [2.24, 2.45) is 0 Å². The minimum Gasteiger partial charge on any atom is -0.420 e. The van der Waals surface area contributed by atoms with E-state index in [9.17, 15) is 75.0 Å². The summed E-state index contributed by atoms with van der Waals surface area (Å²) in [5.41, 5.74) is -2.58. The van der Waals surface area contributed by atoms with Gasteiger partial charge in [-0.2, -0.15) is 0 Å². The smallest absolute Gasteiger partial charge is 0.315 e. The molecule has 0 saturated heterocycles. The Labute approximate surface area is 296 Å². The molecule has 1 radical (unpaired) electrons. The van der Waals surface area contributed by atoms with Crippen molar-refractivity contribution in [3.63, 3.8) is 0 Å². The maximum absolute atomic E-state index is 14.4. The van der Waals surface area contributed by atoms with Crippen molar-refractivity contribution in [3.05, 3.63) is 29.0 Å². The van der Waals surface area contributed by atoms with E-state index in [1.165, 1.54) is 0 Å². The number of ether oxygens (including phenoxy) is 2. The van der Waals surface area contributed by atoms with Crippen LogP contribution < -0.4 is 9.47 Å². The first-order chi connectivity index (χ1) is 24.9. The summed E-state index contributed by atoms with van der Waals surface area (Å²) in [4.78, 5) is 71.2. The van der Waals surface area contributed by atoms with Gasteiger partial charge in [-0.3, -0.25) is 28.4 Å². The van der Waals surface area contributed by atoms with Gasteiger partial charge in [-0.05, 0) is 0 Å². The van der Waals surface area contributed by atoms with Gasteiger partial charge >= 0.3 is 11.9 Å². The topological polar surface area (TPSA) is 320 Å². The maximum atomic E-state index is 14.4. The lowest BCUT2D eigenvalue weighted by Gasteiger charge is -2.28.